The second-order valence-electron chi connectivity index (χ2n) is 6.57. The second kappa shape index (κ2) is 7.92. The zero-order chi connectivity index (χ0) is 20.3. The van der Waals surface area contributed by atoms with Gasteiger partial charge in [-0.3, -0.25) is 14.4 Å². The van der Waals surface area contributed by atoms with Crippen molar-refractivity contribution in [2.24, 2.45) is 0 Å². The molecule has 0 spiro atoms. The van der Waals surface area contributed by atoms with Crippen LogP contribution in [0.3, 0.4) is 0 Å². The highest BCUT2D eigenvalue weighted by Crippen LogP contribution is 2.21. The monoisotopic (exact) mass is 377 g/mol. The van der Waals surface area contributed by atoms with Crippen molar-refractivity contribution in [3.63, 3.8) is 0 Å². The summed E-state index contributed by atoms with van der Waals surface area (Å²) in [5.41, 5.74) is 2.81. The number of aryl methyl sites for hydroxylation is 2. The number of hydrogen-bond acceptors (Lipinski definition) is 5. The number of aliphatic hydroxyl groups is 2. The molecule has 6 nitrogen and oxygen atoms in total. The van der Waals surface area contributed by atoms with Gasteiger partial charge >= 0.3 is 0 Å². The summed E-state index contributed by atoms with van der Waals surface area (Å²) in [6, 6.07) is 14.3. The van der Waals surface area contributed by atoms with Gasteiger partial charge in [0.2, 0.25) is 11.6 Å². The van der Waals surface area contributed by atoms with Crippen molar-refractivity contribution >= 4 is 23.2 Å². The van der Waals surface area contributed by atoms with Gasteiger partial charge in [-0.15, -0.1) is 0 Å². The molecule has 0 fully saturated rings. The Hall–Kier alpha value is -3.67. The third-order valence-electron chi connectivity index (χ3n) is 4.42. The van der Waals surface area contributed by atoms with Gasteiger partial charge in [-0.1, -0.05) is 24.3 Å². The van der Waals surface area contributed by atoms with Crippen LogP contribution in [0.15, 0.2) is 71.7 Å². The zero-order valence-corrected chi connectivity index (χ0v) is 15.2. The Morgan fingerprint density at radius 2 is 1.75 bits per heavy atom. The predicted octanol–water partition coefficient (Wildman–Crippen LogP) is 3.59. The van der Waals surface area contributed by atoms with E-state index in [0.717, 1.165) is 11.1 Å². The number of carbonyl (C=O) groups is 3. The van der Waals surface area contributed by atoms with Gasteiger partial charge in [0.05, 0.1) is 0 Å². The van der Waals surface area contributed by atoms with E-state index in [4.69, 9.17) is 0 Å². The quantitative estimate of drug-likeness (QED) is 0.691. The van der Waals surface area contributed by atoms with E-state index in [0.29, 0.717) is 23.7 Å². The van der Waals surface area contributed by atoms with Gasteiger partial charge in [0.15, 0.2) is 11.5 Å². The van der Waals surface area contributed by atoms with Gasteiger partial charge in [0.25, 0.3) is 5.91 Å². The van der Waals surface area contributed by atoms with Crippen molar-refractivity contribution in [2.45, 2.75) is 19.8 Å². The summed E-state index contributed by atoms with van der Waals surface area (Å²) in [5, 5.41) is 22.2. The van der Waals surface area contributed by atoms with Crippen LogP contribution in [0.2, 0.25) is 0 Å². The minimum absolute atomic E-state index is 0.0667. The van der Waals surface area contributed by atoms with Crippen LogP contribution < -0.4 is 5.32 Å². The minimum Gasteiger partial charge on any atom is -0.504 e. The standard InChI is InChI=1S/C22H19NO5/c1-13-4-2-7-16(10-13)23-22(28)15-6-3-5-14(11-15)8-9-17-20(26)18(24)12-19(25)21(17)27/h2-7,10-12,24,27H,8-9H2,1H3,(H,23,28). The number of amides is 1. The van der Waals surface area contributed by atoms with Crippen LogP contribution in [0.1, 0.15) is 27.9 Å². The molecule has 0 saturated heterocycles. The van der Waals surface area contributed by atoms with E-state index < -0.39 is 23.1 Å². The van der Waals surface area contributed by atoms with Gasteiger partial charge < -0.3 is 15.5 Å². The Morgan fingerprint density at radius 3 is 2.50 bits per heavy atom. The van der Waals surface area contributed by atoms with Crippen LogP contribution in [0.4, 0.5) is 5.69 Å². The minimum atomic E-state index is -0.793. The molecule has 3 N–H and O–H groups in total. The number of carbonyl (C=O) groups excluding carboxylic acids is 3. The van der Waals surface area contributed by atoms with E-state index in [9.17, 15) is 24.6 Å². The lowest BCUT2D eigenvalue weighted by Crippen LogP contribution is -2.19. The molecular formula is C22H19NO5. The van der Waals surface area contributed by atoms with Gasteiger partial charge in [-0.2, -0.15) is 0 Å². The summed E-state index contributed by atoms with van der Waals surface area (Å²) in [4.78, 5) is 36.0. The number of Topliss-reactive ketones (excluding diaryl/α,β-unsaturated/α-hetero) is 1. The molecule has 0 radical (unpaired) electrons. The molecule has 6 heteroatoms. The summed E-state index contributed by atoms with van der Waals surface area (Å²) in [6.45, 7) is 1.94. The molecule has 0 aromatic heterocycles. The molecule has 0 bridgehead atoms. The number of ketones is 2. The first-order chi connectivity index (χ1) is 13.3. The van der Waals surface area contributed by atoms with Crippen molar-refractivity contribution in [3.8, 4) is 0 Å². The molecule has 0 aliphatic heterocycles. The average molecular weight is 377 g/mol. The summed E-state index contributed by atoms with van der Waals surface area (Å²) in [7, 11) is 0. The molecular weight excluding hydrogens is 358 g/mol. The molecule has 3 rings (SSSR count). The molecule has 1 aliphatic carbocycles. The van der Waals surface area contributed by atoms with Crippen LogP contribution >= 0.6 is 0 Å². The largest absolute Gasteiger partial charge is 0.504 e. The first kappa shape index (κ1) is 19.1. The molecule has 2 aromatic carbocycles. The molecule has 142 valence electrons. The fourth-order valence-corrected chi connectivity index (χ4v) is 2.96. The maximum absolute atomic E-state index is 12.5. The summed E-state index contributed by atoms with van der Waals surface area (Å²) < 4.78 is 0. The van der Waals surface area contributed by atoms with Gasteiger partial charge in [0.1, 0.15) is 0 Å². The fourth-order valence-electron chi connectivity index (χ4n) is 2.96. The highest BCUT2D eigenvalue weighted by Gasteiger charge is 2.27. The van der Waals surface area contributed by atoms with Gasteiger partial charge in [-0.05, 0) is 55.2 Å². The Labute approximate surface area is 161 Å². The maximum Gasteiger partial charge on any atom is 0.255 e. The first-order valence-electron chi connectivity index (χ1n) is 8.74. The SMILES string of the molecule is Cc1cccc(NC(=O)c2cccc(CCC3=C(O)C(=O)C=C(O)C3=O)c2)c1. The number of rotatable bonds is 5. The van der Waals surface area contributed by atoms with Crippen molar-refractivity contribution in [1.29, 1.82) is 0 Å². The van der Waals surface area contributed by atoms with Gasteiger partial charge in [-0.25, -0.2) is 0 Å². The van der Waals surface area contributed by atoms with E-state index in [1.807, 2.05) is 25.1 Å². The normalized spacial score (nSPS) is 14.1. The molecule has 1 amide bonds. The van der Waals surface area contributed by atoms with Crippen molar-refractivity contribution in [1.82, 2.24) is 0 Å². The molecule has 0 atom stereocenters. The topological polar surface area (TPSA) is 104 Å². The Balaban J connectivity index is 1.71. The van der Waals surface area contributed by atoms with Crippen LogP contribution in [0.5, 0.6) is 0 Å². The summed E-state index contributed by atoms with van der Waals surface area (Å²) in [5.74, 6) is -3.14. The third-order valence-corrected chi connectivity index (χ3v) is 4.42. The third kappa shape index (κ3) is 4.17. The number of hydrogen-bond donors (Lipinski definition) is 3. The van der Waals surface area contributed by atoms with E-state index in [-0.39, 0.29) is 17.9 Å². The molecule has 1 aliphatic rings. The van der Waals surface area contributed by atoms with E-state index >= 15 is 0 Å². The number of allylic oxidation sites excluding steroid dienone is 2. The lowest BCUT2D eigenvalue weighted by Gasteiger charge is -2.13. The average Bonchev–Trinajstić information content (AvgIpc) is 2.67. The Morgan fingerprint density at radius 1 is 1.00 bits per heavy atom. The molecule has 2 aromatic rings. The second-order valence-corrected chi connectivity index (χ2v) is 6.57. The van der Waals surface area contributed by atoms with Crippen LogP contribution in [-0.2, 0) is 16.0 Å². The highest BCUT2D eigenvalue weighted by atomic mass is 16.3. The van der Waals surface area contributed by atoms with Crippen LogP contribution in [0.25, 0.3) is 0 Å². The molecule has 28 heavy (non-hydrogen) atoms. The lowest BCUT2D eigenvalue weighted by atomic mass is 9.94. The van der Waals surface area contributed by atoms with E-state index in [1.54, 1.807) is 30.3 Å². The number of benzene rings is 2. The molecule has 0 unspecified atom stereocenters. The molecule has 0 heterocycles. The summed E-state index contributed by atoms with van der Waals surface area (Å²) >= 11 is 0. The zero-order valence-electron chi connectivity index (χ0n) is 15.2. The fraction of sp³-hybridized carbons (Fsp3) is 0.136. The summed E-state index contributed by atoms with van der Waals surface area (Å²) in [6.07, 6.45) is 1.09. The van der Waals surface area contributed by atoms with Crippen LogP contribution in [0, 0.1) is 6.92 Å². The lowest BCUT2D eigenvalue weighted by molar-refractivity contribution is -0.119. The Kier molecular flexibility index (Phi) is 5.40. The Bertz CT molecular complexity index is 1030. The van der Waals surface area contributed by atoms with Crippen molar-refractivity contribution < 1.29 is 24.6 Å². The van der Waals surface area contributed by atoms with Crippen molar-refractivity contribution in [3.05, 3.63) is 88.4 Å². The maximum atomic E-state index is 12.5. The van der Waals surface area contributed by atoms with E-state index in [2.05, 4.69) is 5.32 Å². The smallest absolute Gasteiger partial charge is 0.255 e. The van der Waals surface area contributed by atoms with Crippen LogP contribution in [-0.4, -0.2) is 27.7 Å². The highest BCUT2D eigenvalue weighted by molar-refractivity contribution is 6.20. The predicted molar refractivity (Wildman–Crippen MR) is 104 cm³/mol. The molecule has 0 saturated carbocycles. The van der Waals surface area contributed by atoms with Crippen molar-refractivity contribution in [2.75, 3.05) is 5.32 Å². The number of aliphatic hydroxyl groups excluding tert-OH is 2. The van der Waals surface area contributed by atoms with Gasteiger partial charge in [0, 0.05) is 22.9 Å². The number of nitrogens with one attached hydrogen (secondary N) is 1. The van der Waals surface area contributed by atoms with E-state index in [1.165, 1.54) is 0 Å². The first-order valence-corrected chi connectivity index (χ1v) is 8.74. The number of anilines is 1.